The van der Waals surface area contributed by atoms with Crippen LogP contribution in [0.2, 0.25) is 0 Å². The lowest BCUT2D eigenvalue weighted by Crippen LogP contribution is -2.36. The van der Waals surface area contributed by atoms with Crippen molar-refractivity contribution in [3.63, 3.8) is 0 Å². The Morgan fingerprint density at radius 1 is 1.28 bits per heavy atom. The van der Waals surface area contributed by atoms with E-state index in [1.54, 1.807) is 0 Å². The zero-order chi connectivity index (χ0) is 13.1. The van der Waals surface area contributed by atoms with Gasteiger partial charge in [0, 0.05) is 18.7 Å². The fraction of sp³-hybridized carbons (Fsp3) is 0.571. The normalized spacial score (nSPS) is 16.9. The van der Waals surface area contributed by atoms with E-state index in [-0.39, 0.29) is 6.10 Å². The van der Waals surface area contributed by atoms with Crippen molar-refractivity contribution in [1.29, 1.82) is 0 Å². The molecule has 0 amide bonds. The van der Waals surface area contributed by atoms with E-state index in [0.29, 0.717) is 17.7 Å². The summed E-state index contributed by atoms with van der Waals surface area (Å²) in [7, 11) is 0. The molecule has 1 aliphatic carbocycles. The number of halogens is 2. The average molecular weight is 255 g/mol. The van der Waals surface area contributed by atoms with Crippen LogP contribution in [0.4, 0.5) is 8.78 Å². The van der Waals surface area contributed by atoms with Gasteiger partial charge in [-0.05, 0) is 30.9 Å². The van der Waals surface area contributed by atoms with E-state index in [1.807, 2.05) is 0 Å². The summed E-state index contributed by atoms with van der Waals surface area (Å²) in [6.45, 7) is 4.85. The fourth-order valence-electron chi connectivity index (χ4n) is 1.71. The molecule has 18 heavy (non-hydrogen) atoms. The molecule has 1 saturated carbocycles. The zero-order valence-corrected chi connectivity index (χ0v) is 10.7. The van der Waals surface area contributed by atoms with Crippen molar-refractivity contribution in [1.82, 2.24) is 5.32 Å². The lowest BCUT2D eigenvalue weighted by Gasteiger charge is -2.23. The Morgan fingerprint density at radius 2 is 2.00 bits per heavy atom. The monoisotopic (exact) mass is 255 g/mol. The molecule has 1 aromatic carbocycles. The molecule has 0 heterocycles. The molecule has 0 spiro atoms. The highest BCUT2D eigenvalue weighted by Gasteiger charge is 2.24. The van der Waals surface area contributed by atoms with Crippen LogP contribution < -0.4 is 10.1 Å². The highest BCUT2D eigenvalue weighted by molar-refractivity contribution is 5.24. The summed E-state index contributed by atoms with van der Waals surface area (Å²) in [5.74, 6) is -1.03. The highest BCUT2D eigenvalue weighted by Crippen LogP contribution is 2.21. The van der Waals surface area contributed by atoms with Gasteiger partial charge in [-0.1, -0.05) is 13.8 Å². The molecule has 1 fully saturated rings. The van der Waals surface area contributed by atoms with Crippen LogP contribution in [-0.4, -0.2) is 18.7 Å². The quantitative estimate of drug-likeness (QED) is 0.843. The summed E-state index contributed by atoms with van der Waals surface area (Å²) in [6, 6.07) is 4.27. The molecule has 2 nitrogen and oxygen atoms in total. The predicted octanol–water partition coefficient (Wildman–Crippen LogP) is 3.12. The molecule has 2 rings (SSSR count). The summed E-state index contributed by atoms with van der Waals surface area (Å²) in [5, 5.41) is 3.39. The number of nitrogens with one attached hydrogen (secondary N) is 1. The largest absolute Gasteiger partial charge is 0.489 e. The maximum atomic E-state index is 13.1. The highest BCUT2D eigenvalue weighted by atomic mass is 19.2. The first-order valence-electron chi connectivity index (χ1n) is 6.41. The molecule has 100 valence electrons. The first-order chi connectivity index (χ1) is 8.56. The number of benzene rings is 1. The van der Waals surface area contributed by atoms with Gasteiger partial charge in [0.25, 0.3) is 0 Å². The summed E-state index contributed by atoms with van der Waals surface area (Å²) >= 11 is 0. The molecule has 0 radical (unpaired) electrons. The van der Waals surface area contributed by atoms with Gasteiger partial charge in [0.1, 0.15) is 11.9 Å². The third-order valence-electron chi connectivity index (χ3n) is 3.11. The summed E-state index contributed by atoms with van der Waals surface area (Å²) < 4.78 is 31.6. The number of ether oxygens (including phenoxy) is 1. The molecule has 1 N–H and O–H groups in total. The predicted molar refractivity (Wildman–Crippen MR) is 66.6 cm³/mol. The summed E-state index contributed by atoms with van der Waals surface area (Å²) in [5.41, 5.74) is 0. The fourth-order valence-corrected chi connectivity index (χ4v) is 1.71. The Labute approximate surface area is 106 Å². The SMILES string of the molecule is CC(C)C(CNC1CC1)Oc1ccc(F)c(F)c1. The first-order valence-corrected chi connectivity index (χ1v) is 6.41. The molecular weight excluding hydrogens is 236 g/mol. The standard InChI is InChI=1S/C14H19F2NO/c1-9(2)14(8-17-10-3-4-10)18-11-5-6-12(15)13(16)7-11/h5-7,9-10,14,17H,3-4,8H2,1-2H3. The van der Waals surface area contributed by atoms with E-state index in [1.165, 1.54) is 18.9 Å². The van der Waals surface area contributed by atoms with Crippen molar-refractivity contribution in [2.75, 3.05) is 6.54 Å². The second kappa shape index (κ2) is 5.65. The van der Waals surface area contributed by atoms with Crippen LogP contribution in [0.5, 0.6) is 5.75 Å². The van der Waals surface area contributed by atoms with E-state index >= 15 is 0 Å². The minimum Gasteiger partial charge on any atom is -0.489 e. The van der Waals surface area contributed by atoms with Crippen LogP contribution in [-0.2, 0) is 0 Å². The Kier molecular flexibility index (Phi) is 4.17. The van der Waals surface area contributed by atoms with Gasteiger partial charge >= 0.3 is 0 Å². The first kappa shape index (κ1) is 13.3. The Bertz CT molecular complexity index is 405. The Morgan fingerprint density at radius 3 is 2.56 bits per heavy atom. The van der Waals surface area contributed by atoms with Gasteiger partial charge in [-0.2, -0.15) is 0 Å². The van der Waals surface area contributed by atoms with Crippen LogP contribution in [0.15, 0.2) is 18.2 Å². The summed E-state index contributed by atoms with van der Waals surface area (Å²) in [6.07, 6.45) is 2.40. The minimum absolute atomic E-state index is 0.0320. The van der Waals surface area contributed by atoms with E-state index < -0.39 is 11.6 Å². The average Bonchev–Trinajstić information content (AvgIpc) is 3.12. The van der Waals surface area contributed by atoms with E-state index in [4.69, 9.17) is 4.74 Å². The van der Waals surface area contributed by atoms with Crippen LogP contribution in [0.1, 0.15) is 26.7 Å². The third kappa shape index (κ3) is 3.67. The van der Waals surface area contributed by atoms with Crippen molar-refractivity contribution < 1.29 is 13.5 Å². The minimum atomic E-state index is -0.870. The van der Waals surface area contributed by atoms with Gasteiger partial charge in [-0.3, -0.25) is 0 Å². The van der Waals surface area contributed by atoms with Gasteiger partial charge in [0.15, 0.2) is 11.6 Å². The lowest BCUT2D eigenvalue weighted by atomic mass is 10.1. The van der Waals surface area contributed by atoms with Crippen molar-refractivity contribution >= 4 is 0 Å². The van der Waals surface area contributed by atoms with Gasteiger partial charge in [-0.25, -0.2) is 8.78 Å². The van der Waals surface area contributed by atoms with E-state index in [9.17, 15) is 8.78 Å². The molecule has 4 heteroatoms. The van der Waals surface area contributed by atoms with Crippen molar-refractivity contribution in [3.05, 3.63) is 29.8 Å². The zero-order valence-electron chi connectivity index (χ0n) is 10.7. The third-order valence-corrected chi connectivity index (χ3v) is 3.11. The topological polar surface area (TPSA) is 21.3 Å². The molecule has 0 aliphatic heterocycles. The van der Waals surface area contributed by atoms with Crippen LogP contribution in [0.25, 0.3) is 0 Å². The molecule has 1 atom stereocenters. The van der Waals surface area contributed by atoms with Crippen molar-refractivity contribution in [2.24, 2.45) is 5.92 Å². The van der Waals surface area contributed by atoms with Crippen LogP contribution in [0, 0.1) is 17.6 Å². The maximum absolute atomic E-state index is 13.1. The van der Waals surface area contributed by atoms with Crippen molar-refractivity contribution in [2.45, 2.75) is 38.8 Å². The maximum Gasteiger partial charge on any atom is 0.162 e. The second-order valence-corrected chi connectivity index (χ2v) is 5.16. The van der Waals surface area contributed by atoms with Crippen molar-refractivity contribution in [3.8, 4) is 5.75 Å². The van der Waals surface area contributed by atoms with Gasteiger partial charge in [0.2, 0.25) is 0 Å². The molecule has 1 aromatic rings. The smallest absolute Gasteiger partial charge is 0.162 e. The molecule has 0 aromatic heterocycles. The number of hydrogen-bond donors (Lipinski definition) is 1. The Hall–Kier alpha value is -1.16. The number of hydrogen-bond acceptors (Lipinski definition) is 2. The lowest BCUT2D eigenvalue weighted by molar-refractivity contribution is 0.147. The molecule has 0 saturated heterocycles. The van der Waals surface area contributed by atoms with Gasteiger partial charge < -0.3 is 10.1 Å². The second-order valence-electron chi connectivity index (χ2n) is 5.16. The Balaban J connectivity index is 1.95. The van der Waals surface area contributed by atoms with E-state index in [2.05, 4.69) is 19.2 Å². The van der Waals surface area contributed by atoms with E-state index in [0.717, 1.165) is 18.7 Å². The molecular formula is C14H19F2NO. The van der Waals surface area contributed by atoms with Gasteiger partial charge in [0.05, 0.1) is 0 Å². The van der Waals surface area contributed by atoms with Crippen LogP contribution >= 0.6 is 0 Å². The molecule has 1 aliphatic rings. The molecule has 1 unspecified atom stereocenters. The summed E-state index contributed by atoms with van der Waals surface area (Å²) in [4.78, 5) is 0. The van der Waals surface area contributed by atoms with Gasteiger partial charge in [-0.15, -0.1) is 0 Å². The van der Waals surface area contributed by atoms with Crippen LogP contribution in [0.3, 0.4) is 0 Å². The molecule has 0 bridgehead atoms. The number of rotatable bonds is 6.